The lowest BCUT2D eigenvalue weighted by atomic mass is 9.99. The van der Waals surface area contributed by atoms with E-state index < -0.39 is 0 Å². The molecule has 2 rings (SSSR count). The normalized spacial score (nSPS) is 12.3. The SMILES string of the molecule is CC(NC(=O)CCBr)c1cccc2ccccc12. The summed E-state index contributed by atoms with van der Waals surface area (Å²) in [6.07, 6.45) is 0.509. The van der Waals surface area contributed by atoms with Crippen molar-refractivity contribution in [1.29, 1.82) is 0 Å². The van der Waals surface area contributed by atoms with Gasteiger partial charge in [-0.25, -0.2) is 0 Å². The van der Waals surface area contributed by atoms with Crippen LogP contribution in [0.5, 0.6) is 0 Å². The highest BCUT2D eigenvalue weighted by molar-refractivity contribution is 9.09. The number of carbonyl (C=O) groups is 1. The van der Waals surface area contributed by atoms with Crippen molar-refractivity contribution in [2.45, 2.75) is 19.4 Å². The molecule has 0 aliphatic heterocycles. The molecule has 1 amide bonds. The summed E-state index contributed by atoms with van der Waals surface area (Å²) in [7, 11) is 0. The van der Waals surface area contributed by atoms with Crippen LogP contribution >= 0.6 is 15.9 Å². The van der Waals surface area contributed by atoms with E-state index in [9.17, 15) is 4.79 Å². The Labute approximate surface area is 116 Å². The number of hydrogen-bond acceptors (Lipinski definition) is 1. The summed E-state index contributed by atoms with van der Waals surface area (Å²) in [5, 5.41) is 6.12. The van der Waals surface area contributed by atoms with Crippen molar-refractivity contribution in [1.82, 2.24) is 5.32 Å². The third-order valence-electron chi connectivity index (χ3n) is 2.99. The smallest absolute Gasteiger partial charge is 0.221 e. The first-order valence-corrected chi connectivity index (χ1v) is 7.17. The molecule has 1 atom stereocenters. The third kappa shape index (κ3) is 2.91. The number of halogens is 1. The fourth-order valence-electron chi connectivity index (χ4n) is 2.11. The van der Waals surface area contributed by atoms with E-state index >= 15 is 0 Å². The van der Waals surface area contributed by atoms with Gasteiger partial charge in [-0.2, -0.15) is 0 Å². The maximum absolute atomic E-state index is 11.6. The van der Waals surface area contributed by atoms with E-state index in [1.165, 1.54) is 10.8 Å². The van der Waals surface area contributed by atoms with Gasteiger partial charge in [-0.15, -0.1) is 0 Å². The Morgan fingerprint density at radius 3 is 2.72 bits per heavy atom. The molecule has 0 aromatic heterocycles. The van der Waals surface area contributed by atoms with Gasteiger partial charge < -0.3 is 5.32 Å². The number of benzene rings is 2. The van der Waals surface area contributed by atoms with Crippen LogP contribution in [0.15, 0.2) is 42.5 Å². The molecule has 18 heavy (non-hydrogen) atoms. The van der Waals surface area contributed by atoms with Crippen molar-refractivity contribution in [3.05, 3.63) is 48.0 Å². The van der Waals surface area contributed by atoms with Crippen LogP contribution in [0, 0.1) is 0 Å². The van der Waals surface area contributed by atoms with Gasteiger partial charge in [0.15, 0.2) is 0 Å². The zero-order chi connectivity index (χ0) is 13.0. The molecule has 0 aliphatic rings. The van der Waals surface area contributed by atoms with E-state index in [0.29, 0.717) is 11.8 Å². The van der Waals surface area contributed by atoms with Gasteiger partial charge in [-0.3, -0.25) is 4.79 Å². The quantitative estimate of drug-likeness (QED) is 0.855. The number of alkyl halides is 1. The van der Waals surface area contributed by atoms with Crippen LogP contribution in [0.25, 0.3) is 10.8 Å². The lowest BCUT2D eigenvalue weighted by molar-refractivity contribution is -0.121. The zero-order valence-corrected chi connectivity index (χ0v) is 11.9. The highest BCUT2D eigenvalue weighted by Gasteiger charge is 2.11. The average Bonchev–Trinajstić information content (AvgIpc) is 2.38. The van der Waals surface area contributed by atoms with Gasteiger partial charge in [-0.05, 0) is 23.3 Å². The van der Waals surface area contributed by atoms with Crippen molar-refractivity contribution in [2.24, 2.45) is 0 Å². The largest absolute Gasteiger partial charge is 0.350 e. The molecule has 1 unspecified atom stereocenters. The van der Waals surface area contributed by atoms with E-state index in [2.05, 4.69) is 45.5 Å². The van der Waals surface area contributed by atoms with E-state index in [1.54, 1.807) is 0 Å². The second-order valence-electron chi connectivity index (χ2n) is 4.30. The Hall–Kier alpha value is -1.35. The van der Waals surface area contributed by atoms with Crippen molar-refractivity contribution >= 4 is 32.6 Å². The minimum Gasteiger partial charge on any atom is -0.350 e. The Balaban J connectivity index is 2.27. The Morgan fingerprint density at radius 1 is 1.22 bits per heavy atom. The van der Waals surface area contributed by atoms with Gasteiger partial charge in [0.1, 0.15) is 0 Å². The van der Waals surface area contributed by atoms with Crippen LogP contribution in [-0.4, -0.2) is 11.2 Å². The minimum absolute atomic E-state index is 0.0302. The lowest BCUT2D eigenvalue weighted by Crippen LogP contribution is -2.26. The maximum Gasteiger partial charge on any atom is 0.221 e. The van der Waals surface area contributed by atoms with Crippen LogP contribution in [-0.2, 0) is 4.79 Å². The molecule has 3 heteroatoms. The first-order valence-electron chi connectivity index (χ1n) is 6.05. The summed E-state index contributed by atoms with van der Waals surface area (Å²) in [6, 6.07) is 14.5. The van der Waals surface area contributed by atoms with Crippen molar-refractivity contribution < 1.29 is 4.79 Å². The van der Waals surface area contributed by atoms with Gasteiger partial charge in [0.2, 0.25) is 5.91 Å². The van der Waals surface area contributed by atoms with Gasteiger partial charge in [0.25, 0.3) is 0 Å². The second-order valence-corrected chi connectivity index (χ2v) is 5.09. The molecular weight excluding hydrogens is 290 g/mol. The summed E-state index contributed by atoms with van der Waals surface area (Å²) < 4.78 is 0. The molecule has 0 saturated carbocycles. The molecular formula is C15H16BrNO. The summed E-state index contributed by atoms with van der Waals surface area (Å²) in [6.45, 7) is 2.02. The molecule has 0 bridgehead atoms. The molecule has 2 aromatic carbocycles. The fourth-order valence-corrected chi connectivity index (χ4v) is 2.47. The summed E-state index contributed by atoms with van der Waals surface area (Å²) in [4.78, 5) is 11.6. The summed E-state index contributed by atoms with van der Waals surface area (Å²) in [5.41, 5.74) is 1.16. The van der Waals surface area contributed by atoms with E-state index in [1.807, 2.05) is 25.1 Å². The number of hydrogen-bond donors (Lipinski definition) is 1. The number of nitrogens with one attached hydrogen (secondary N) is 1. The lowest BCUT2D eigenvalue weighted by Gasteiger charge is -2.16. The Morgan fingerprint density at radius 2 is 1.94 bits per heavy atom. The molecule has 0 aliphatic carbocycles. The van der Waals surface area contributed by atoms with Crippen molar-refractivity contribution in [3.63, 3.8) is 0 Å². The van der Waals surface area contributed by atoms with Gasteiger partial charge in [-0.1, -0.05) is 58.4 Å². The van der Waals surface area contributed by atoms with Crippen LogP contribution in [0.1, 0.15) is 24.9 Å². The topological polar surface area (TPSA) is 29.1 Å². The van der Waals surface area contributed by atoms with Crippen LogP contribution in [0.4, 0.5) is 0 Å². The maximum atomic E-state index is 11.6. The highest BCUT2D eigenvalue weighted by Crippen LogP contribution is 2.23. The van der Waals surface area contributed by atoms with E-state index in [0.717, 1.165) is 5.56 Å². The molecule has 1 N–H and O–H groups in total. The van der Waals surface area contributed by atoms with E-state index in [-0.39, 0.29) is 11.9 Å². The van der Waals surface area contributed by atoms with Crippen molar-refractivity contribution in [3.8, 4) is 0 Å². The van der Waals surface area contributed by atoms with Gasteiger partial charge >= 0.3 is 0 Å². The first-order chi connectivity index (χ1) is 8.72. The first kappa shape index (κ1) is 13.1. The molecule has 2 aromatic rings. The van der Waals surface area contributed by atoms with Gasteiger partial charge in [0.05, 0.1) is 6.04 Å². The molecule has 0 fully saturated rings. The van der Waals surface area contributed by atoms with Crippen LogP contribution in [0.3, 0.4) is 0 Å². The summed E-state index contributed by atoms with van der Waals surface area (Å²) in [5.74, 6) is 0.0762. The van der Waals surface area contributed by atoms with Crippen LogP contribution in [0.2, 0.25) is 0 Å². The van der Waals surface area contributed by atoms with Crippen molar-refractivity contribution in [2.75, 3.05) is 5.33 Å². The zero-order valence-electron chi connectivity index (χ0n) is 10.3. The summed E-state index contributed by atoms with van der Waals surface area (Å²) >= 11 is 3.28. The molecule has 0 spiro atoms. The second kappa shape index (κ2) is 6.01. The monoisotopic (exact) mass is 305 g/mol. The Bertz CT molecular complexity index is 548. The predicted molar refractivity (Wildman–Crippen MR) is 78.9 cm³/mol. The standard InChI is InChI=1S/C15H16BrNO/c1-11(17-15(18)9-10-16)13-8-4-6-12-5-2-3-7-14(12)13/h2-8,11H,9-10H2,1H3,(H,17,18). The number of fused-ring (bicyclic) bond motifs is 1. The molecule has 94 valence electrons. The minimum atomic E-state index is 0.0302. The molecule has 0 heterocycles. The average molecular weight is 306 g/mol. The number of rotatable bonds is 4. The fraction of sp³-hybridized carbons (Fsp3) is 0.267. The number of amides is 1. The molecule has 2 nitrogen and oxygen atoms in total. The van der Waals surface area contributed by atoms with E-state index in [4.69, 9.17) is 0 Å². The number of carbonyl (C=O) groups excluding carboxylic acids is 1. The van der Waals surface area contributed by atoms with Gasteiger partial charge in [0, 0.05) is 11.8 Å². The molecule has 0 radical (unpaired) electrons. The highest BCUT2D eigenvalue weighted by atomic mass is 79.9. The predicted octanol–water partition coefficient (Wildman–Crippen LogP) is 3.80. The third-order valence-corrected chi connectivity index (χ3v) is 3.39. The molecule has 0 saturated heterocycles. The van der Waals surface area contributed by atoms with Crippen LogP contribution < -0.4 is 5.32 Å². The Kier molecular flexibility index (Phi) is 4.37.